The van der Waals surface area contributed by atoms with Gasteiger partial charge in [0.2, 0.25) is 5.91 Å². The molecule has 0 spiro atoms. The minimum absolute atomic E-state index is 0.0942. The summed E-state index contributed by atoms with van der Waals surface area (Å²) in [6, 6.07) is 0. The Morgan fingerprint density at radius 3 is 2.24 bits per heavy atom. The van der Waals surface area contributed by atoms with Gasteiger partial charge in [0.05, 0.1) is 6.54 Å². The maximum Gasteiger partial charge on any atom is 0.303 e. The lowest BCUT2D eigenvalue weighted by molar-refractivity contribution is -0.137. The Morgan fingerprint density at radius 2 is 1.76 bits per heavy atom. The number of hydrogen-bond donors (Lipinski definition) is 1. The Labute approximate surface area is 103 Å². The van der Waals surface area contributed by atoms with Crippen molar-refractivity contribution in [2.45, 2.75) is 32.6 Å². The van der Waals surface area contributed by atoms with E-state index in [-0.39, 0.29) is 12.3 Å². The molecule has 1 amide bonds. The van der Waals surface area contributed by atoms with Crippen molar-refractivity contribution in [1.29, 1.82) is 0 Å². The summed E-state index contributed by atoms with van der Waals surface area (Å²) in [7, 11) is 3.49. The van der Waals surface area contributed by atoms with Crippen LogP contribution in [0.5, 0.6) is 0 Å². The molecule has 100 valence electrons. The molecule has 0 aromatic rings. The van der Waals surface area contributed by atoms with Crippen LogP contribution in [-0.4, -0.2) is 60.5 Å². The number of rotatable bonds is 9. The minimum atomic E-state index is -0.753. The molecule has 0 saturated heterocycles. The Balaban J connectivity index is 3.89. The van der Waals surface area contributed by atoms with Gasteiger partial charge in [-0.15, -0.1) is 0 Å². The molecule has 0 aromatic heterocycles. The largest absolute Gasteiger partial charge is 0.481 e. The van der Waals surface area contributed by atoms with E-state index in [2.05, 4.69) is 11.8 Å². The number of unbranched alkanes of at least 4 members (excludes halogenated alkanes) is 1. The number of amides is 1. The molecule has 1 N–H and O–H groups in total. The van der Waals surface area contributed by atoms with E-state index in [1.165, 1.54) is 0 Å². The van der Waals surface area contributed by atoms with Crippen LogP contribution >= 0.6 is 0 Å². The van der Waals surface area contributed by atoms with E-state index >= 15 is 0 Å². The molecule has 0 unspecified atom stereocenters. The highest BCUT2D eigenvalue weighted by atomic mass is 16.4. The van der Waals surface area contributed by atoms with Crippen LogP contribution < -0.4 is 0 Å². The summed E-state index contributed by atoms with van der Waals surface area (Å²) < 4.78 is 0. The van der Waals surface area contributed by atoms with Gasteiger partial charge >= 0.3 is 5.97 Å². The topological polar surface area (TPSA) is 60.9 Å². The third-order valence-electron chi connectivity index (χ3n) is 2.51. The van der Waals surface area contributed by atoms with Crippen LogP contribution in [0.1, 0.15) is 32.6 Å². The van der Waals surface area contributed by atoms with E-state index in [1.807, 2.05) is 0 Å². The summed E-state index contributed by atoms with van der Waals surface area (Å²) in [6.07, 6.45) is 2.71. The van der Waals surface area contributed by atoms with Gasteiger partial charge in [0.1, 0.15) is 0 Å². The van der Waals surface area contributed by atoms with Crippen molar-refractivity contribution in [1.82, 2.24) is 9.80 Å². The second kappa shape index (κ2) is 8.98. The molecule has 0 aliphatic rings. The number of carboxylic acids is 1. The smallest absolute Gasteiger partial charge is 0.303 e. The van der Waals surface area contributed by atoms with Gasteiger partial charge in [0.25, 0.3) is 0 Å². The zero-order valence-corrected chi connectivity index (χ0v) is 11.1. The van der Waals surface area contributed by atoms with Gasteiger partial charge in [0.15, 0.2) is 0 Å². The Morgan fingerprint density at radius 1 is 1.12 bits per heavy atom. The number of likely N-dealkylation sites (N-methyl/N-ethyl adjacent to an activating group) is 1. The molecule has 0 aliphatic heterocycles. The monoisotopic (exact) mass is 244 g/mol. The quantitative estimate of drug-likeness (QED) is 0.616. The summed E-state index contributed by atoms with van der Waals surface area (Å²) in [4.78, 5) is 25.6. The summed E-state index contributed by atoms with van der Waals surface area (Å²) in [5.74, 6) is -0.659. The third-order valence-corrected chi connectivity index (χ3v) is 2.51. The summed E-state index contributed by atoms with van der Waals surface area (Å²) in [6.45, 7) is 4.17. The number of nitrogens with zero attached hydrogens (tertiary/aromatic N) is 2. The molecule has 5 heteroatoms. The summed E-state index contributed by atoms with van der Waals surface area (Å²) in [5.41, 5.74) is 0. The highest BCUT2D eigenvalue weighted by Crippen LogP contribution is 2.01. The first kappa shape index (κ1) is 15.9. The Hall–Kier alpha value is -1.10. The number of carbonyl (C=O) groups is 2. The lowest BCUT2D eigenvalue weighted by Crippen LogP contribution is -2.37. The van der Waals surface area contributed by atoms with Crippen molar-refractivity contribution in [2.75, 3.05) is 33.7 Å². The SMILES string of the molecule is CCCN(CCCCC(=O)O)CC(=O)N(C)C. The van der Waals surface area contributed by atoms with Crippen LogP contribution in [0, 0.1) is 0 Å². The predicted octanol–water partition coefficient (Wildman–Crippen LogP) is 1.04. The first-order valence-corrected chi connectivity index (χ1v) is 6.11. The van der Waals surface area contributed by atoms with Crippen LogP contribution in [0.4, 0.5) is 0 Å². The molecule has 0 fully saturated rings. The lowest BCUT2D eigenvalue weighted by Gasteiger charge is -2.22. The molecule has 0 aromatic carbocycles. The summed E-state index contributed by atoms with van der Waals surface area (Å²) >= 11 is 0. The Bertz CT molecular complexity index is 242. The summed E-state index contributed by atoms with van der Waals surface area (Å²) in [5, 5.41) is 8.53. The second-order valence-corrected chi connectivity index (χ2v) is 4.42. The van der Waals surface area contributed by atoms with Crippen molar-refractivity contribution in [3.05, 3.63) is 0 Å². The number of carboxylic acid groups (broad SMARTS) is 1. The van der Waals surface area contributed by atoms with E-state index in [9.17, 15) is 9.59 Å². The minimum Gasteiger partial charge on any atom is -0.481 e. The van der Waals surface area contributed by atoms with E-state index in [0.717, 1.165) is 25.9 Å². The Kier molecular flexibility index (Phi) is 8.40. The van der Waals surface area contributed by atoms with Crippen molar-refractivity contribution in [3.8, 4) is 0 Å². The fourth-order valence-electron chi connectivity index (χ4n) is 1.53. The van der Waals surface area contributed by atoms with Crippen molar-refractivity contribution in [2.24, 2.45) is 0 Å². The molecule has 0 radical (unpaired) electrons. The zero-order chi connectivity index (χ0) is 13.3. The van der Waals surface area contributed by atoms with Crippen LogP contribution in [-0.2, 0) is 9.59 Å². The van der Waals surface area contributed by atoms with Crippen molar-refractivity contribution in [3.63, 3.8) is 0 Å². The number of aliphatic carboxylic acids is 1. The molecule has 0 heterocycles. The highest BCUT2D eigenvalue weighted by molar-refractivity contribution is 5.77. The molecule has 17 heavy (non-hydrogen) atoms. The molecular formula is C12H24N2O3. The van der Waals surface area contributed by atoms with Gasteiger partial charge in [-0.05, 0) is 32.4 Å². The van der Waals surface area contributed by atoms with E-state index < -0.39 is 5.97 Å². The van der Waals surface area contributed by atoms with Crippen molar-refractivity contribution < 1.29 is 14.7 Å². The van der Waals surface area contributed by atoms with Crippen LogP contribution in [0.25, 0.3) is 0 Å². The maximum atomic E-state index is 11.6. The van der Waals surface area contributed by atoms with Crippen LogP contribution in [0.15, 0.2) is 0 Å². The van der Waals surface area contributed by atoms with Gasteiger partial charge in [-0.2, -0.15) is 0 Å². The average Bonchev–Trinajstić information content (AvgIpc) is 2.23. The van der Waals surface area contributed by atoms with Gasteiger partial charge in [0, 0.05) is 20.5 Å². The molecule has 0 saturated carbocycles. The van der Waals surface area contributed by atoms with Gasteiger partial charge in [-0.25, -0.2) is 0 Å². The van der Waals surface area contributed by atoms with Crippen LogP contribution in [0.2, 0.25) is 0 Å². The molecule has 0 rings (SSSR count). The van der Waals surface area contributed by atoms with Crippen LogP contribution in [0.3, 0.4) is 0 Å². The fraction of sp³-hybridized carbons (Fsp3) is 0.833. The van der Waals surface area contributed by atoms with Gasteiger partial charge in [-0.1, -0.05) is 6.92 Å². The first-order chi connectivity index (χ1) is 7.97. The zero-order valence-electron chi connectivity index (χ0n) is 11.1. The highest BCUT2D eigenvalue weighted by Gasteiger charge is 2.11. The molecular weight excluding hydrogens is 220 g/mol. The molecule has 0 bridgehead atoms. The van der Waals surface area contributed by atoms with Gasteiger partial charge < -0.3 is 10.0 Å². The average molecular weight is 244 g/mol. The fourth-order valence-corrected chi connectivity index (χ4v) is 1.53. The van der Waals surface area contributed by atoms with E-state index in [4.69, 9.17) is 5.11 Å². The number of hydrogen-bond acceptors (Lipinski definition) is 3. The molecule has 0 aliphatic carbocycles. The normalized spacial score (nSPS) is 10.6. The number of carbonyl (C=O) groups excluding carboxylic acids is 1. The van der Waals surface area contributed by atoms with E-state index in [0.29, 0.717) is 13.0 Å². The predicted molar refractivity (Wildman–Crippen MR) is 66.9 cm³/mol. The maximum absolute atomic E-state index is 11.6. The second-order valence-electron chi connectivity index (χ2n) is 4.42. The first-order valence-electron chi connectivity index (χ1n) is 6.11. The van der Waals surface area contributed by atoms with Crippen molar-refractivity contribution >= 4 is 11.9 Å². The lowest BCUT2D eigenvalue weighted by atomic mass is 10.2. The van der Waals surface area contributed by atoms with Gasteiger partial charge in [-0.3, -0.25) is 14.5 Å². The standard InChI is InChI=1S/C12H24N2O3/c1-4-8-14(10-11(15)13(2)3)9-6-5-7-12(16)17/h4-10H2,1-3H3,(H,16,17). The third kappa shape index (κ3) is 8.68. The molecule has 5 nitrogen and oxygen atoms in total. The van der Waals surface area contributed by atoms with E-state index in [1.54, 1.807) is 19.0 Å². The molecule has 0 atom stereocenters.